The van der Waals surface area contributed by atoms with Gasteiger partial charge in [-0.15, -0.1) is 0 Å². The largest absolute Gasteiger partial charge is 0.272 e. The minimum atomic E-state index is -0.286. The van der Waals surface area contributed by atoms with Crippen LogP contribution in [0.25, 0.3) is 22.6 Å². The van der Waals surface area contributed by atoms with Gasteiger partial charge < -0.3 is 0 Å². The highest BCUT2D eigenvalue weighted by atomic mass is 19.1. The van der Waals surface area contributed by atoms with Gasteiger partial charge in [-0.05, 0) is 61.2 Å². The first-order chi connectivity index (χ1) is 11.7. The highest BCUT2D eigenvalue weighted by Crippen LogP contribution is 2.31. The summed E-state index contributed by atoms with van der Waals surface area (Å²) >= 11 is 0. The monoisotopic (exact) mass is 318 g/mol. The van der Waals surface area contributed by atoms with Crippen molar-refractivity contribution in [3.05, 3.63) is 60.0 Å². The number of nitriles is 1. The molecule has 1 fully saturated rings. The predicted molar refractivity (Wildman–Crippen MR) is 88.3 cm³/mol. The smallest absolute Gasteiger partial charge is 0.123 e. The number of halogens is 1. The molecule has 2 aromatic heterocycles. The fourth-order valence-electron chi connectivity index (χ4n) is 2.68. The maximum absolute atomic E-state index is 13.1. The third-order valence-electron chi connectivity index (χ3n) is 4.18. The molecule has 0 saturated heterocycles. The van der Waals surface area contributed by atoms with E-state index in [2.05, 4.69) is 16.2 Å². The second-order valence-electron chi connectivity index (χ2n) is 6.08. The zero-order valence-corrected chi connectivity index (χ0v) is 13.0. The maximum Gasteiger partial charge on any atom is 0.123 e. The van der Waals surface area contributed by atoms with Crippen LogP contribution in [0.2, 0.25) is 0 Å². The van der Waals surface area contributed by atoms with Crippen LogP contribution in [0, 0.1) is 23.1 Å². The van der Waals surface area contributed by atoms with Gasteiger partial charge in [0.1, 0.15) is 23.3 Å². The molecule has 1 aromatic carbocycles. The van der Waals surface area contributed by atoms with Gasteiger partial charge in [-0.1, -0.05) is 0 Å². The van der Waals surface area contributed by atoms with Crippen molar-refractivity contribution in [3.63, 3.8) is 0 Å². The lowest BCUT2D eigenvalue weighted by molar-refractivity contribution is 0.564. The summed E-state index contributed by atoms with van der Waals surface area (Å²) in [6.45, 7) is 0.916. The van der Waals surface area contributed by atoms with Crippen LogP contribution in [0.5, 0.6) is 0 Å². The quantitative estimate of drug-likeness (QED) is 0.729. The molecule has 0 spiro atoms. The van der Waals surface area contributed by atoms with E-state index in [0.29, 0.717) is 22.6 Å². The minimum Gasteiger partial charge on any atom is -0.272 e. The molecule has 2 heterocycles. The molecule has 0 radical (unpaired) electrons. The zero-order valence-electron chi connectivity index (χ0n) is 13.0. The van der Waals surface area contributed by atoms with Crippen LogP contribution in [0.15, 0.2) is 48.7 Å². The van der Waals surface area contributed by atoms with E-state index in [1.807, 2.05) is 16.9 Å². The van der Waals surface area contributed by atoms with Crippen molar-refractivity contribution in [3.8, 4) is 28.7 Å². The summed E-state index contributed by atoms with van der Waals surface area (Å²) in [6, 6.07) is 13.7. The van der Waals surface area contributed by atoms with E-state index in [9.17, 15) is 9.65 Å². The highest BCUT2D eigenvalue weighted by Gasteiger charge is 2.22. The Labute approximate surface area is 139 Å². The fourth-order valence-corrected chi connectivity index (χ4v) is 2.68. The molecule has 1 aliphatic carbocycles. The number of rotatable bonds is 4. The fraction of sp³-hybridized carbons (Fsp3) is 0.211. The van der Waals surface area contributed by atoms with Crippen molar-refractivity contribution in [2.75, 3.05) is 0 Å². The van der Waals surface area contributed by atoms with Gasteiger partial charge in [-0.25, -0.2) is 9.37 Å². The second kappa shape index (κ2) is 5.89. The standard InChI is InChI=1S/C19H15FN4/c20-16-6-3-14(4-7-16)17-8-5-15(11-21)19(22-17)18-9-10-24(23-18)12-13-1-2-13/h3-10,13H,1-2,12H2. The summed E-state index contributed by atoms with van der Waals surface area (Å²) in [5.74, 6) is 0.443. The molecule has 0 unspecified atom stereocenters. The van der Waals surface area contributed by atoms with E-state index in [0.717, 1.165) is 18.0 Å². The lowest BCUT2D eigenvalue weighted by atomic mass is 10.1. The highest BCUT2D eigenvalue weighted by molar-refractivity contribution is 5.69. The van der Waals surface area contributed by atoms with E-state index in [1.165, 1.54) is 25.0 Å². The van der Waals surface area contributed by atoms with Gasteiger partial charge >= 0.3 is 0 Å². The van der Waals surface area contributed by atoms with E-state index < -0.39 is 0 Å². The molecular formula is C19H15FN4. The SMILES string of the molecule is N#Cc1ccc(-c2ccc(F)cc2)nc1-c1ccn(CC2CC2)n1. The van der Waals surface area contributed by atoms with Gasteiger partial charge in [0.2, 0.25) is 0 Å². The molecule has 5 heteroatoms. The molecule has 3 aromatic rings. The Morgan fingerprint density at radius 3 is 2.58 bits per heavy atom. The van der Waals surface area contributed by atoms with Crippen LogP contribution in [0.3, 0.4) is 0 Å². The predicted octanol–water partition coefficient (Wildman–Crippen LogP) is 4.03. The summed E-state index contributed by atoms with van der Waals surface area (Å²) in [5, 5.41) is 13.9. The summed E-state index contributed by atoms with van der Waals surface area (Å²) in [5.41, 5.74) is 3.24. The normalized spacial score (nSPS) is 13.7. The topological polar surface area (TPSA) is 54.5 Å². The Bertz CT molecular complexity index is 917. The Morgan fingerprint density at radius 2 is 1.88 bits per heavy atom. The van der Waals surface area contributed by atoms with Crippen molar-refractivity contribution < 1.29 is 4.39 Å². The average Bonchev–Trinajstić information content (AvgIpc) is 3.30. The molecule has 1 aliphatic rings. The van der Waals surface area contributed by atoms with Crippen molar-refractivity contribution in [1.82, 2.24) is 14.8 Å². The van der Waals surface area contributed by atoms with Gasteiger partial charge in [-0.3, -0.25) is 4.68 Å². The number of benzene rings is 1. The van der Waals surface area contributed by atoms with Crippen LogP contribution in [0.4, 0.5) is 4.39 Å². The number of hydrogen-bond donors (Lipinski definition) is 0. The number of aromatic nitrogens is 3. The second-order valence-corrected chi connectivity index (χ2v) is 6.08. The lowest BCUT2D eigenvalue weighted by Crippen LogP contribution is -2.01. The van der Waals surface area contributed by atoms with Gasteiger partial charge in [-0.2, -0.15) is 10.4 Å². The Hall–Kier alpha value is -3.00. The maximum atomic E-state index is 13.1. The van der Waals surface area contributed by atoms with Crippen molar-refractivity contribution in [1.29, 1.82) is 5.26 Å². The Kier molecular flexibility index (Phi) is 3.58. The summed E-state index contributed by atoms with van der Waals surface area (Å²) < 4.78 is 15.0. The molecular weight excluding hydrogens is 303 g/mol. The van der Waals surface area contributed by atoms with Gasteiger partial charge in [0.05, 0.1) is 11.3 Å². The van der Waals surface area contributed by atoms with Gasteiger partial charge in [0.25, 0.3) is 0 Å². The third-order valence-corrected chi connectivity index (χ3v) is 4.18. The minimum absolute atomic E-state index is 0.286. The molecule has 118 valence electrons. The number of nitrogens with zero attached hydrogens (tertiary/aromatic N) is 4. The lowest BCUT2D eigenvalue weighted by Gasteiger charge is -2.05. The average molecular weight is 318 g/mol. The Balaban J connectivity index is 1.72. The van der Waals surface area contributed by atoms with E-state index in [4.69, 9.17) is 0 Å². The van der Waals surface area contributed by atoms with Gasteiger partial charge in [0, 0.05) is 18.3 Å². The van der Waals surface area contributed by atoms with Crippen LogP contribution < -0.4 is 0 Å². The molecule has 0 amide bonds. The van der Waals surface area contributed by atoms with Crippen molar-refractivity contribution in [2.24, 2.45) is 5.92 Å². The van der Waals surface area contributed by atoms with E-state index in [-0.39, 0.29) is 5.82 Å². The van der Waals surface area contributed by atoms with Crippen LogP contribution in [-0.2, 0) is 6.54 Å². The van der Waals surface area contributed by atoms with Crippen LogP contribution in [-0.4, -0.2) is 14.8 Å². The summed E-state index contributed by atoms with van der Waals surface area (Å²) in [7, 11) is 0. The molecule has 1 saturated carbocycles. The summed E-state index contributed by atoms with van der Waals surface area (Å²) in [4.78, 5) is 4.60. The first-order valence-corrected chi connectivity index (χ1v) is 7.94. The number of hydrogen-bond acceptors (Lipinski definition) is 3. The zero-order chi connectivity index (χ0) is 16.5. The molecule has 4 nitrogen and oxygen atoms in total. The first-order valence-electron chi connectivity index (χ1n) is 7.94. The van der Waals surface area contributed by atoms with Gasteiger partial charge in [0.15, 0.2) is 0 Å². The molecule has 0 aliphatic heterocycles. The molecule has 4 rings (SSSR count). The van der Waals surface area contributed by atoms with Crippen molar-refractivity contribution >= 4 is 0 Å². The van der Waals surface area contributed by atoms with E-state index in [1.54, 1.807) is 24.3 Å². The molecule has 0 atom stereocenters. The molecule has 0 bridgehead atoms. The number of pyridine rings is 1. The van der Waals surface area contributed by atoms with Crippen molar-refractivity contribution in [2.45, 2.75) is 19.4 Å². The van der Waals surface area contributed by atoms with E-state index >= 15 is 0 Å². The summed E-state index contributed by atoms with van der Waals surface area (Å²) in [6.07, 6.45) is 4.45. The molecule has 24 heavy (non-hydrogen) atoms. The van der Waals surface area contributed by atoms with Crippen LogP contribution >= 0.6 is 0 Å². The molecule has 0 N–H and O–H groups in total. The third kappa shape index (κ3) is 2.91. The van der Waals surface area contributed by atoms with Crippen LogP contribution in [0.1, 0.15) is 18.4 Å². The first kappa shape index (κ1) is 14.6. The Morgan fingerprint density at radius 1 is 1.08 bits per heavy atom.